The summed E-state index contributed by atoms with van der Waals surface area (Å²) in [6.07, 6.45) is -2.40. The highest BCUT2D eigenvalue weighted by molar-refractivity contribution is 6.00. The van der Waals surface area contributed by atoms with Gasteiger partial charge < -0.3 is 15.1 Å². The van der Waals surface area contributed by atoms with E-state index in [0.717, 1.165) is 12.8 Å². The normalized spacial score (nSPS) is 30.1. The summed E-state index contributed by atoms with van der Waals surface area (Å²) in [5.41, 5.74) is -0.841. The van der Waals surface area contributed by atoms with Crippen LogP contribution in [0.25, 0.3) is 0 Å². The number of aliphatic hydroxyl groups is 2. The molecule has 1 aromatic rings. The van der Waals surface area contributed by atoms with Crippen LogP contribution in [0, 0.1) is 5.41 Å². The average molecular weight is 385 g/mol. The molecule has 1 amide bonds. The predicted molar refractivity (Wildman–Crippen MR) is 95.2 cm³/mol. The third kappa shape index (κ3) is 3.85. The van der Waals surface area contributed by atoms with Crippen molar-refractivity contribution in [2.45, 2.75) is 69.8 Å². The number of hydrogen-bond donors (Lipinski definition) is 2. The summed E-state index contributed by atoms with van der Waals surface area (Å²) in [4.78, 5) is 14.7. The lowest BCUT2D eigenvalue weighted by Gasteiger charge is -2.41. The molecule has 1 atom stereocenters. The van der Waals surface area contributed by atoms with Gasteiger partial charge in [0.2, 0.25) is 5.91 Å². The van der Waals surface area contributed by atoms with E-state index >= 15 is 0 Å². The van der Waals surface area contributed by atoms with Crippen LogP contribution in [0.4, 0.5) is 18.9 Å². The van der Waals surface area contributed by atoms with E-state index in [0.29, 0.717) is 44.3 Å². The molecule has 0 radical (unpaired) electrons. The third-order valence-electron chi connectivity index (χ3n) is 6.20. The van der Waals surface area contributed by atoms with Gasteiger partial charge in [-0.15, -0.1) is 0 Å². The van der Waals surface area contributed by atoms with E-state index in [-0.39, 0.29) is 11.5 Å². The van der Waals surface area contributed by atoms with Crippen LogP contribution in [0.2, 0.25) is 0 Å². The van der Waals surface area contributed by atoms with E-state index in [1.165, 1.54) is 24.3 Å². The maximum Gasteiger partial charge on any atom is 0.418 e. The van der Waals surface area contributed by atoms with Gasteiger partial charge in [-0.1, -0.05) is 25.5 Å². The topological polar surface area (TPSA) is 60.8 Å². The Bertz CT molecular complexity index is 679. The lowest BCUT2D eigenvalue weighted by atomic mass is 9.67. The molecule has 3 rings (SSSR count). The van der Waals surface area contributed by atoms with Crippen molar-refractivity contribution in [3.8, 4) is 0 Å². The molecule has 2 N–H and O–H groups in total. The van der Waals surface area contributed by atoms with Crippen LogP contribution in [-0.2, 0) is 4.79 Å². The summed E-state index contributed by atoms with van der Waals surface area (Å²) in [7, 11) is 0. The van der Waals surface area contributed by atoms with E-state index in [9.17, 15) is 28.2 Å². The Hall–Kier alpha value is -1.60. The molecule has 1 aliphatic carbocycles. The van der Waals surface area contributed by atoms with Crippen molar-refractivity contribution < 1.29 is 28.2 Å². The van der Waals surface area contributed by atoms with Crippen LogP contribution >= 0.6 is 0 Å². The molecule has 4 nitrogen and oxygen atoms in total. The minimum absolute atomic E-state index is 0.00910. The van der Waals surface area contributed by atoms with Crippen LogP contribution < -0.4 is 4.90 Å². The Kier molecular flexibility index (Phi) is 5.29. The number of anilines is 1. The van der Waals surface area contributed by atoms with Gasteiger partial charge in [-0.05, 0) is 56.2 Å². The first-order chi connectivity index (χ1) is 12.6. The first kappa shape index (κ1) is 20.1. The van der Waals surface area contributed by atoms with Crippen LogP contribution in [0.3, 0.4) is 0 Å². The summed E-state index contributed by atoms with van der Waals surface area (Å²) in [6.45, 7) is 2.55. The molecule has 1 saturated heterocycles. The molecule has 2 aliphatic rings. The quantitative estimate of drug-likeness (QED) is 0.820. The number of benzene rings is 1. The third-order valence-corrected chi connectivity index (χ3v) is 6.20. The lowest BCUT2D eigenvalue weighted by molar-refractivity contribution is -0.206. The number of carbonyl (C=O) groups is 1. The molecule has 1 heterocycles. The van der Waals surface area contributed by atoms with Gasteiger partial charge in [-0.25, -0.2) is 0 Å². The second-order valence-corrected chi connectivity index (χ2v) is 8.00. The summed E-state index contributed by atoms with van der Waals surface area (Å²) >= 11 is 0. The number of amides is 1. The minimum Gasteiger partial charge on any atom is -0.390 e. The van der Waals surface area contributed by atoms with Gasteiger partial charge in [0.05, 0.1) is 11.0 Å². The van der Waals surface area contributed by atoms with Crippen LogP contribution in [0.15, 0.2) is 24.3 Å². The highest BCUT2D eigenvalue weighted by atomic mass is 19.4. The fraction of sp³-hybridized carbons (Fsp3) is 0.650. The van der Waals surface area contributed by atoms with Crippen molar-refractivity contribution >= 4 is 11.6 Å². The zero-order valence-electron chi connectivity index (χ0n) is 15.4. The van der Waals surface area contributed by atoms with Gasteiger partial charge in [0.15, 0.2) is 6.10 Å². The molecule has 1 aliphatic heterocycles. The highest BCUT2D eigenvalue weighted by Crippen LogP contribution is 2.49. The molecule has 0 aromatic heterocycles. The van der Waals surface area contributed by atoms with E-state index in [2.05, 4.69) is 0 Å². The maximum atomic E-state index is 13.0. The van der Waals surface area contributed by atoms with Gasteiger partial charge in [-0.3, -0.25) is 4.79 Å². The number of hydrogen-bond acceptors (Lipinski definition) is 3. The van der Waals surface area contributed by atoms with Gasteiger partial charge in [-0.2, -0.15) is 13.2 Å². The number of rotatable bonds is 4. The number of nitrogens with zero attached hydrogens (tertiary/aromatic N) is 1. The standard InChI is InChI=1S/C20H26F3NO3/c1-2-7-19(27)10-8-18(9-11-19)12-13-24(17(18)26)15-5-3-14(4-6-15)16(25)20(21,22)23/h3-6,16,25,27H,2,7-13H2,1H3/t16-,18?,19?/m0/s1. The molecule has 7 heteroatoms. The van der Waals surface area contributed by atoms with Crippen molar-refractivity contribution in [1.82, 2.24) is 0 Å². The Morgan fingerprint density at radius 1 is 1.11 bits per heavy atom. The first-order valence-electron chi connectivity index (χ1n) is 9.49. The van der Waals surface area contributed by atoms with Crippen molar-refractivity contribution in [3.63, 3.8) is 0 Å². The number of aliphatic hydroxyl groups excluding tert-OH is 1. The number of carbonyl (C=O) groups excluding carboxylic acids is 1. The summed E-state index contributed by atoms with van der Waals surface area (Å²) in [6, 6.07) is 5.34. The maximum absolute atomic E-state index is 13.0. The number of alkyl halides is 3. The minimum atomic E-state index is -4.72. The molecular formula is C20H26F3NO3. The monoisotopic (exact) mass is 385 g/mol. The van der Waals surface area contributed by atoms with Crippen LogP contribution in [0.1, 0.15) is 63.5 Å². The largest absolute Gasteiger partial charge is 0.418 e. The smallest absolute Gasteiger partial charge is 0.390 e. The zero-order chi connectivity index (χ0) is 19.9. The molecule has 1 aromatic carbocycles. The van der Waals surface area contributed by atoms with Gasteiger partial charge in [0.1, 0.15) is 0 Å². The predicted octanol–water partition coefficient (Wildman–Crippen LogP) is 4.11. The molecule has 0 unspecified atom stereocenters. The van der Waals surface area contributed by atoms with Crippen LogP contribution in [-0.4, -0.2) is 34.4 Å². The summed E-state index contributed by atoms with van der Waals surface area (Å²) < 4.78 is 37.9. The van der Waals surface area contributed by atoms with Gasteiger partial charge in [0, 0.05) is 12.2 Å². The molecule has 150 valence electrons. The fourth-order valence-electron chi connectivity index (χ4n) is 4.47. The Labute approximate surface area is 157 Å². The average Bonchev–Trinajstić information content (AvgIpc) is 2.94. The summed E-state index contributed by atoms with van der Waals surface area (Å²) in [5, 5.41) is 19.9. The lowest BCUT2D eigenvalue weighted by Crippen LogP contribution is -2.43. The highest BCUT2D eigenvalue weighted by Gasteiger charge is 2.51. The van der Waals surface area contributed by atoms with Crippen molar-refractivity contribution in [2.75, 3.05) is 11.4 Å². The number of halogens is 3. The molecule has 0 bridgehead atoms. The second-order valence-electron chi connectivity index (χ2n) is 8.00. The van der Waals surface area contributed by atoms with Crippen molar-refractivity contribution in [1.29, 1.82) is 0 Å². The van der Waals surface area contributed by atoms with Crippen molar-refractivity contribution in [3.05, 3.63) is 29.8 Å². The Balaban J connectivity index is 1.71. The molecule has 27 heavy (non-hydrogen) atoms. The van der Waals surface area contributed by atoms with Gasteiger partial charge >= 0.3 is 6.18 Å². The molecular weight excluding hydrogens is 359 g/mol. The SMILES string of the molecule is CCCC1(O)CCC2(CCN(c3ccc([C@H](O)C(F)(F)F)cc3)C2=O)CC1. The van der Waals surface area contributed by atoms with E-state index in [1.54, 1.807) is 4.90 Å². The van der Waals surface area contributed by atoms with E-state index in [1.807, 2.05) is 6.92 Å². The Morgan fingerprint density at radius 3 is 2.22 bits per heavy atom. The molecule has 2 fully saturated rings. The molecule has 1 spiro atoms. The Morgan fingerprint density at radius 2 is 1.70 bits per heavy atom. The van der Waals surface area contributed by atoms with E-state index < -0.39 is 23.3 Å². The fourth-order valence-corrected chi connectivity index (χ4v) is 4.47. The van der Waals surface area contributed by atoms with Crippen LogP contribution in [0.5, 0.6) is 0 Å². The summed E-state index contributed by atoms with van der Waals surface area (Å²) in [5.74, 6) is -0.00910. The van der Waals surface area contributed by atoms with Crippen molar-refractivity contribution in [2.24, 2.45) is 5.41 Å². The molecule has 1 saturated carbocycles. The zero-order valence-corrected chi connectivity index (χ0v) is 15.4. The second kappa shape index (κ2) is 7.09. The van der Waals surface area contributed by atoms with Gasteiger partial charge in [0.25, 0.3) is 0 Å². The first-order valence-corrected chi connectivity index (χ1v) is 9.49. The van der Waals surface area contributed by atoms with E-state index in [4.69, 9.17) is 0 Å².